The Morgan fingerprint density at radius 2 is 2.05 bits per heavy atom. The summed E-state index contributed by atoms with van der Waals surface area (Å²) in [5.41, 5.74) is 3.33. The lowest BCUT2D eigenvalue weighted by Crippen LogP contribution is -2.26. The first kappa shape index (κ1) is 15.6. The van der Waals surface area contributed by atoms with Crippen molar-refractivity contribution in [3.05, 3.63) is 65.2 Å². The van der Waals surface area contributed by atoms with E-state index < -0.39 is 0 Å². The molecule has 2 aromatic rings. The minimum Gasteiger partial charge on any atom is -0.308 e. The minimum atomic E-state index is -0.182. The van der Waals surface area contributed by atoms with Crippen molar-refractivity contribution in [3.8, 4) is 0 Å². The molecular weight excluding hydrogens is 263 g/mol. The van der Waals surface area contributed by atoms with Gasteiger partial charge in [0.25, 0.3) is 0 Å². The van der Waals surface area contributed by atoms with E-state index in [1.54, 1.807) is 12.1 Å². The van der Waals surface area contributed by atoms with Gasteiger partial charge in [0.1, 0.15) is 5.82 Å². The van der Waals surface area contributed by atoms with Gasteiger partial charge in [-0.1, -0.05) is 32.0 Å². The maximum absolute atomic E-state index is 13.4. The van der Waals surface area contributed by atoms with Gasteiger partial charge in [0, 0.05) is 6.20 Å². The zero-order valence-corrected chi connectivity index (χ0v) is 12.8. The van der Waals surface area contributed by atoms with Crippen molar-refractivity contribution in [2.75, 3.05) is 6.54 Å². The monoisotopic (exact) mass is 286 g/mol. The highest BCUT2D eigenvalue weighted by Crippen LogP contribution is 2.21. The number of pyridine rings is 1. The molecule has 1 aromatic carbocycles. The molecule has 0 aliphatic carbocycles. The highest BCUT2D eigenvalue weighted by atomic mass is 19.1. The number of aryl methyl sites for hydroxylation is 1. The second-order valence-electron chi connectivity index (χ2n) is 5.24. The summed E-state index contributed by atoms with van der Waals surface area (Å²) in [4.78, 5) is 4.57. The molecular formula is C18H23FN2. The zero-order chi connectivity index (χ0) is 15.1. The van der Waals surface area contributed by atoms with Gasteiger partial charge in [-0.15, -0.1) is 0 Å². The first-order chi connectivity index (χ1) is 10.2. The molecule has 0 saturated heterocycles. The Balaban J connectivity index is 2.25. The molecule has 0 spiro atoms. The quantitative estimate of drug-likeness (QED) is 0.830. The first-order valence-corrected chi connectivity index (χ1v) is 7.66. The Kier molecular flexibility index (Phi) is 5.88. The molecule has 3 heteroatoms. The number of hydrogen-bond acceptors (Lipinski definition) is 2. The lowest BCUT2D eigenvalue weighted by Gasteiger charge is -2.20. The third-order valence-electron chi connectivity index (χ3n) is 3.61. The van der Waals surface area contributed by atoms with E-state index in [2.05, 4.69) is 30.2 Å². The highest BCUT2D eigenvalue weighted by Gasteiger charge is 2.16. The summed E-state index contributed by atoms with van der Waals surface area (Å²) in [6.07, 6.45) is 4.60. The van der Waals surface area contributed by atoms with Crippen molar-refractivity contribution in [2.24, 2.45) is 0 Å². The molecule has 1 aromatic heterocycles. The number of benzene rings is 1. The molecule has 1 heterocycles. The van der Waals surface area contributed by atoms with Crippen LogP contribution in [0, 0.1) is 5.82 Å². The van der Waals surface area contributed by atoms with Crippen LogP contribution in [0.3, 0.4) is 0 Å². The summed E-state index contributed by atoms with van der Waals surface area (Å²) in [5, 5.41) is 3.54. The molecule has 0 radical (unpaired) electrons. The molecule has 0 aliphatic heterocycles. The third-order valence-corrected chi connectivity index (χ3v) is 3.61. The number of nitrogens with zero attached hydrogens (tertiary/aromatic N) is 1. The van der Waals surface area contributed by atoms with E-state index in [4.69, 9.17) is 0 Å². The molecule has 1 atom stereocenters. The van der Waals surface area contributed by atoms with E-state index in [1.807, 2.05) is 18.3 Å². The fraction of sp³-hybridized carbons (Fsp3) is 0.389. The molecule has 1 N–H and O–H groups in total. The van der Waals surface area contributed by atoms with Crippen molar-refractivity contribution in [3.63, 3.8) is 0 Å². The maximum Gasteiger partial charge on any atom is 0.123 e. The average molecular weight is 286 g/mol. The number of nitrogens with one attached hydrogen (secondary N) is 1. The van der Waals surface area contributed by atoms with E-state index >= 15 is 0 Å². The molecule has 2 rings (SSSR count). The van der Waals surface area contributed by atoms with E-state index in [0.717, 1.165) is 37.1 Å². The molecule has 0 aliphatic rings. The molecule has 1 unspecified atom stereocenters. The van der Waals surface area contributed by atoms with Crippen LogP contribution in [0.25, 0.3) is 0 Å². The zero-order valence-electron chi connectivity index (χ0n) is 12.8. The van der Waals surface area contributed by atoms with Gasteiger partial charge in [-0.05, 0) is 55.1 Å². The smallest absolute Gasteiger partial charge is 0.123 e. The van der Waals surface area contributed by atoms with Crippen LogP contribution in [0.4, 0.5) is 4.39 Å². The normalized spacial score (nSPS) is 12.3. The van der Waals surface area contributed by atoms with Crippen molar-refractivity contribution in [2.45, 2.75) is 39.2 Å². The van der Waals surface area contributed by atoms with Crippen LogP contribution in [0.2, 0.25) is 0 Å². The molecule has 112 valence electrons. The van der Waals surface area contributed by atoms with Gasteiger partial charge in [-0.3, -0.25) is 4.98 Å². The van der Waals surface area contributed by atoms with Crippen LogP contribution < -0.4 is 5.32 Å². The average Bonchev–Trinajstić information content (AvgIpc) is 2.51. The van der Waals surface area contributed by atoms with E-state index in [-0.39, 0.29) is 11.9 Å². The molecule has 0 bridgehead atoms. The number of aromatic nitrogens is 1. The summed E-state index contributed by atoms with van der Waals surface area (Å²) in [7, 11) is 0. The largest absolute Gasteiger partial charge is 0.308 e. The third kappa shape index (κ3) is 4.36. The Labute approximate surface area is 126 Å². The maximum atomic E-state index is 13.4. The molecule has 21 heavy (non-hydrogen) atoms. The van der Waals surface area contributed by atoms with Crippen LogP contribution in [-0.4, -0.2) is 11.5 Å². The van der Waals surface area contributed by atoms with Gasteiger partial charge in [0.15, 0.2) is 0 Å². The molecule has 0 fully saturated rings. The van der Waals surface area contributed by atoms with E-state index in [0.29, 0.717) is 0 Å². The van der Waals surface area contributed by atoms with Crippen LogP contribution in [0.5, 0.6) is 0 Å². The first-order valence-electron chi connectivity index (χ1n) is 7.66. The second kappa shape index (κ2) is 7.89. The number of hydrogen-bond donors (Lipinski definition) is 1. The highest BCUT2D eigenvalue weighted by molar-refractivity contribution is 5.26. The summed E-state index contributed by atoms with van der Waals surface area (Å²) >= 11 is 0. The van der Waals surface area contributed by atoms with Crippen LogP contribution in [-0.2, 0) is 12.8 Å². The van der Waals surface area contributed by atoms with Crippen molar-refractivity contribution < 1.29 is 4.39 Å². The summed E-state index contributed by atoms with van der Waals surface area (Å²) in [6.45, 7) is 5.21. The minimum absolute atomic E-state index is 0.128. The molecule has 2 nitrogen and oxygen atoms in total. The van der Waals surface area contributed by atoms with E-state index in [1.165, 1.54) is 11.6 Å². The fourth-order valence-corrected chi connectivity index (χ4v) is 2.55. The van der Waals surface area contributed by atoms with E-state index in [9.17, 15) is 4.39 Å². The Hall–Kier alpha value is -1.74. The van der Waals surface area contributed by atoms with Gasteiger partial charge in [-0.25, -0.2) is 4.39 Å². The summed E-state index contributed by atoms with van der Waals surface area (Å²) in [6, 6.07) is 11.0. The predicted octanol–water partition coefficient (Wildman–Crippen LogP) is 4.07. The van der Waals surface area contributed by atoms with Crippen LogP contribution in [0.1, 0.15) is 43.1 Å². The summed E-state index contributed by atoms with van der Waals surface area (Å²) < 4.78 is 13.4. The SMILES string of the molecule is CCCNC(Cc1cccc(F)c1)c1ncccc1CC. The number of rotatable bonds is 7. The van der Waals surface area contributed by atoms with Crippen molar-refractivity contribution in [1.82, 2.24) is 10.3 Å². The van der Waals surface area contributed by atoms with Gasteiger partial charge in [-0.2, -0.15) is 0 Å². The second-order valence-corrected chi connectivity index (χ2v) is 5.24. The van der Waals surface area contributed by atoms with Crippen LogP contribution >= 0.6 is 0 Å². The Morgan fingerprint density at radius 3 is 2.76 bits per heavy atom. The van der Waals surface area contributed by atoms with Gasteiger partial charge < -0.3 is 5.32 Å². The molecule has 0 saturated carbocycles. The standard InChI is InChI=1S/C18H23FN2/c1-3-10-20-17(13-14-7-5-9-16(19)12-14)18-15(4-2)8-6-11-21-18/h5-9,11-12,17,20H,3-4,10,13H2,1-2H3. The van der Waals surface area contributed by atoms with Crippen molar-refractivity contribution >= 4 is 0 Å². The Morgan fingerprint density at radius 1 is 1.19 bits per heavy atom. The van der Waals surface area contributed by atoms with Crippen LogP contribution in [0.15, 0.2) is 42.6 Å². The lowest BCUT2D eigenvalue weighted by atomic mass is 9.98. The Bertz CT molecular complexity index is 569. The van der Waals surface area contributed by atoms with Crippen molar-refractivity contribution in [1.29, 1.82) is 0 Å². The fourth-order valence-electron chi connectivity index (χ4n) is 2.55. The topological polar surface area (TPSA) is 24.9 Å². The number of halogens is 1. The lowest BCUT2D eigenvalue weighted by molar-refractivity contribution is 0.512. The molecule has 0 amide bonds. The summed E-state index contributed by atoms with van der Waals surface area (Å²) in [5.74, 6) is -0.182. The van der Waals surface area contributed by atoms with Gasteiger partial charge >= 0.3 is 0 Å². The van der Waals surface area contributed by atoms with Gasteiger partial charge in [0.05, 0.1) is 11.7 Å². The predicted molar refractivity (Wildman–Crippen MR) is 84.8 cm³/mol. The van der Waals surface area contributed by atoms with Gasteiger partial charge in [0.2, 0.25) is 0 Å².